The number of carbonyl (C=O) groups is 3. The van der Waals surface area contributed by atoms with Crippen LogP contribution in [0.5, 0.6) is 0 Å². The zero-order valence-electron chi connectivity index (χ0n) is 6.66. The first kappa shape index (κ1) is 17.3. The molecule has 1 aliphatic carbocycles. The minimum absolute atomic E-state index is 1.19. The van der Waals surface area contributed by atoms with E-state index >= 15 is 0 Å². The van der Waals surface area contributed by atoms with Crippen LogP contribution in [0.4, 0.5) is 0 Å². The number of allylic oxidation sites excluding steroid dienone is 4. The maximum atomic E-state index is 8.00. The van der Waals surface area contributed by atoms with Crippen LogP contribution < -0.4 is 0 Å². The van der Waals surface area contributed by atoms with E-state index in [-0.39, 0.29) is 0 Å². The summed E-state index contributed by atoms with van der Waals surface area (Å²) in [5.41, 5.74) is 0. The molecular weight excluding hydrogens is 330 g/mol. The molecule has 68 valence electrons. The molecule has 4 heteroatoms. The summed E-state index contributed by atoms with van der Waals surface area (Å²) in [7, 11) is 0. The number of hydrogen-bond acceptors (Lipinski definition) is 3. The fraction of sp³-hybridized carbons (Fsp3) is 0.125. The van der Waals surface area contributed by atoms with Gasteiger partial charge in [-0.25, -0.2) is 0 Å². The van der Waals surface area contributed by atoms with E-state index in [4.69, 9.17) is 14.4 Å². The molecule has 0 amide bonds. The van der Waals surface area contributed by atoms with Gasteiger partial charge in [-0.2, -0.15) is 0 Å². The first-order valence-corrected chi connectivity index (χ1v) is 4.13. The molecule has 0 saturated heterocycles. The zero-order chi connectivity index (χ0) is 10.4. The van der Waals surface area contributed by atoms with Crippen molar-refractivity contribution in [1.29, 1.82) is 0 Å². The van der Waals surface area contributed by atoms with Crippen molar-refractivity contribution in [2.24, 2.45) is 0 Å². The average molecular weight is 341 g/mol. The number of rotatable bonds is 0. The standard InChI is InChI=1S/C5H5.3CH2O.Re/c1-2-4-5-3-1;3*1-2;/h1-3H,4H2;3*1H2;. The summed E-state index contributed by atoms with van der Waals surface area (Å²) in [5, 5.41) is 0. The summed E-state index contributed by atoms with van der Waals surface area (Å²) >= 11 is 1.78. The van der Waals surface area contributed by atoms with Gasteiger partial charge < -0.3 is 14.4 Å². The second kappa shape index (κ2) is 22.5. The van der Waals surface area contributed by atoms with Gasteiger partial charge in [-0.05, 0) is 0 Å². The van der Waals surface area contributed by atoms with Crippen molar-refractivity contribution in [3.8, 4) is 0 Å². The fourth-order valence-corrected chi connectivity index (χ4v) is 1.00. The molecule has 0 aromatic carbocycles. The first-order valence-electron chi connectivity index (χ1n) is 2.77. The van der Waals surface area contributed by atoms with Gasteiger partial charge in [-0.1, -0.05) is 0 Å². The second-order valence-electron chi connectivity index (χ2n) is 1.25. The third-order valence-corrected chi connectivity index (χ3v) is 1.73. The molecule has 0 aromatic heterocycles. The van der Waals surface area contributed by atoms with Gasteiger partial charge in [0.05, 0.1) is 0 Å². The van der Waals surface area contributed by atoms with Gasteiger partial charge in [0, 0.05) is 0 Å². The van der Waals surface area contributed by atoms with Crippen LogP contribution in [0.15, 0.2) is 22.3 Å². The Hall–Kier alpha value is -0.848. The summed E-state index contributed by atoms with van der Waals surface area (Å²) in [6.07, 6.45) is 7.64. The van der Waals surface area contributed by atoms with Crippen LogP contribution in [-0.2, 0) is 33.6 Å². The van der Waals surface area contributed by atoms with Crippen molar-refractivity contribution in [2.45, 2.75) is 6.42 Å². The average Bonchev–Trinajstić information content (AvgIpc) is 2.66. The van der Waals surface area contributed by atoms with E-state index in [0.717, 1.165) is 0 Å². The molecule has 0 radical (unpaired) electrons. The van der Waals surface area contributed by atoms with Crippen LogP contribution in [-0.4, -0.2) is 20.4 Å². The Morgan fingerprint density at radius 1 is 1.08 bits per heavy atom. The normalized spacial score (nSPS) is 10.2. The molecule has 0 aliphatic heterocycles. The minimum atomic E-state index is 1.19. The molecule has 0 atom stereocenters. The predicted octanol–water partition coefficient (Wildman–Crippen LogP) is 0.822. The Bertz CT molecular complexity index is 138. The number of carbonyl (C=O) groups excluding carboxylic acids is 3. The Morgan fingerprint density at radius 2 is 1.50 bits per heavy atom. The SMILES string of the molecule is C=O.C=O.C=O.[Re][C]1=CC=CC1. The molecule has 0 aromatic rings. The van der Waals surface area contributed by atoms with Gasteiger partial charge >= 0.3 is 47.9 Å². The van der Waals surface area contributed by atoms with E-state index in [1.165, 1.54) is 10.5 Å². The van der Waals surface area contributed by atoms with Crippen LogP contribution in [0.25, 0.3) is 0 Å². The Balaban J connectivity index is -0.000000117. The van der Waals surface area contributed by atoms with Crippen LogP contribution in [0.3, 0.4) is 0 Å². The van der Waals surface area contributed by atoms with E-state index in [1.54, 1.807) is 19.2 Å². The molecule has 3 nitrogen and oxygen atoms in total. The summed E-state index contributed by atoms with van der Waals surface area (Å²) in [6.45, 7) is 6.00. The van der Waals surface area contributed by atoms with Gasteiger partial charge in [-0.3, -0.25) is 0 Å². The Morgan fingerprint density at radius 3 is 1.58 bits per heavy atom. The summed E-state index contributed by atoms with van der Waals surface area (Å²) in [6, 6.07) is 0. The summed E-state index contributed by atoms with van der Waals surface area (Å²) in [4.78, 5) is 24.0. The van der Waals surface area contributed by atoms with Crippen molar-refractivity contribution in [1.82, 2.24) is 0 Å². The molecule has 0 fully saturated rings. The van der Waals surface area contributed by atoms with Gasteiger partial charge in [0.2, 0.25) is 0 Å². The van der Waals surface area contributed by atoms with Gasteiger partial charge in [0.15, 0.2) is 0 Å². The van der Waals surface area contributed by atoms with Crippen molar-refractivity contribution < 1.29 is 33.6 Å². The van der Waals surface area contributed by atoms with Crippen LogP contribution in [0, 0.1) is 0 Å². The summed E-state index contributed by atoms with van der Waals surface area (Å²) < 4.78 is 1.52. The van der Waals surface area contributed by atoms with Gasteiger partial charge in [0.25, 0.3) is 0 Å². The molecule has 0 heterocycles. The van der Waals surface area contributed by atoms with E-state index in [0.29, 0.717) is 0 Å². The molecule has 0 saturated carbocycles. The molecule has 0 unspecified atom stereocenters. The zero-order valence-corrected chi connectivity index (χ0v) is 9.38. The van der Waals surface area contributed by atoms with Crippen molar-refractivity contribution >= 4 is 20.4 Å². The van der Waals surface area contributed by atoms with Crippen molar-refractivity contribution in [2.75, 3.05) is 0 Å². The molecule has 0 N–H and O–H groups in total. The third-order valence-electron chi connectivity index (χ3n) is 0.726. The van der Waals surface area contributed by atoms with Crippen LogP contribution in [0.1, 0.15) is 6.42 Å². The van der Waals surface area contributed by atoms with E-state index in [2.05, 4.69) is 18.2 Å². The quantitative estimate of drug-likeness (QED) is 0.656. The predicted molar refractivity (Wildman–Crippen MR) is 43.2 cm³/mol. The third kappa shape index (κ3) is 16.1. The summed E-state index contributed by atoms with van der Waals surface area (Å²) in [5.74, 6) is 0. The Labute approximate surface area is 82.9 Å². The molecule has 1 rings (SSSR count). The maximum absolute atomic E-state index is 8.00. The van der Waals surface area contributed by atoms with Crippen LogP contribution >= 0.6 is 0 Å². The molecule has 1 aliphatic rings. The Kier molecular flexibility index (Phi) is 32.4. The van der Waals surface area contributed by atoms with Crippen LogP contribution in [0.2, 0.25) is 0 Å². The van der Waals surface area contributed by atoms with Crippen molar-refractivity contribution in [3.63, 3.8) is 0 Å². The van der Waals surface area contributed by atoms with E-state index in [9.17, 15) is 0 Å². The molecular formula is C8H11O3Re. The molecule has 12 heavy (non-hydrogen) atoms. The van der Waals surface area contributed by atoms with E-state index < -0.39 is 0 Å². The molecule has 0 spiro atoms. The second-order valence-corrected chi connectivity index (χ2v) is 2.99. The van der Waals surface area contributed by atoms with Crippen molar-refractivity contribution in [3.05, 3.63) is 22.3 Å². The first-order chi connectivity index (χ1) is 5.89. The topological polar surface area (TPSA) is 51.2 Å². The molecule has 0 bridgehead atoms. The number of hydrogen-bond donors (Lipinski definition) is 0. The van der Waals surface area contributed by atoms with Gasteiger partial charge in [-0.15, -0.1) is 0 Å². The van der Waals surface area contributed by atoms with E-state index in [1.807, 2.05) is 20.4 Å². The van der Waals surface area contributed by atoms with Gasteiger partial charge in [0.1, 0.15) is 20.4 Å². The fourth-order valence-electron chi connectivity index (χ4n) is 0.421. The monoisotopic (exact) mass is 342 g/mol.